The van der Waals surface area contributed by atoms with E-state index in [1.165, 1.54) is 4.90 Å². The van der Waals surface area contributed by atoms with Crippen LogP contribution >= 0.6 is 0 Å². The molecule has 2 N–H and O–H groups in total. The molecule has 1 aromatic heterocycles. The number of amides is 2. The highest BCUT2D eigenvalue weighted by Gasteiger charge is 2.32. The van der Waals surface area contributed by atoms with Gasteiger partial charge in [-0.15, -0.1) is 10.2 Å². The molecule has 186 valence electrons. The van der Waals surface area contributed by atoms with Crippen molar-refractivity contribution >= 4 is 23.3 Å². The Morgan fingerprint density at radius 2 is 1.97 bits per heavy atom. The highest BCUT2D eigenvalue weighted by atomic mass is 16.5. The number of hydrogen-bond donors (Lipinski definition) is 2. The minimum absolute atomic E-state index is 0.0353. The molecule has 2 amide bonds. The molecule has 0 radical (unpaired) electrons. The molecule has 3 aromatic rings. The third-order valence-electron chi connectivity index (χ3n) is 5.82. The molecule has 2 heterocycles. The van der Waals surface area contributed by atoms with Crippen LogP contribution in [0.4, 0.5) is 5.69 Å². The lowest BCUT2D eigenvalue weighted by Gasteiger charge is -2.21. The summed E-state index contributed by atoms with van der Waals surface area (Å²) >= 11 is 0. The smallest absolute Gasteiger partial charge is 0.267 e. The van der Waals surface area contributed by atoms with Gasteiger partial charge in [-0.05, 0) is 30.2 Å². The van der Waals surface area contributed by atoms with E-state index in [9.17, 15) is 9.59 Å². The van der Waals surface area contributed by atoms with Crippen LogP contribution in [0, 0.1) is 13.8 Å². The monoisotopic (exact) mass is 488 g/mol. The second-order valence-corrected chi connectivity index (χ2v) is 8.43. The molecule has 0 bridgehead atoms. The van der Waals surface area contributed by atoms with E-state index in [1.54, 1.807) is 27.1 Å². The fourth-order valence-corrected chi connectivity index (χ4v) is 3.83. The second-order valence-electron chi connectivity index (χ2n) is 8.43. The maximum atomic E-state index is 13.2. The van der Waals surface area contributed by atoms with E-state index in [4.69, 9.17) is 9.15 Å². The van der Waals surface area contributed by atoms with Crippen molar-refractivity contribution in [2.45, 2.75) is 26.3 Å². The van der Waals surface area contributed by atoms with Gasteiger partial charge in [-0.2, -0.15) is 0 Å². The summed E-state index contributed by atoms with van der Waals surface area (Å²) in [6.45, 7) is 7.39. The average Bonchev–Trinajstić information content (AvgIpc) is 3.27. The van der Waals surface area contributed by atoms with Crippen LogP contribution in [0.5, 0.6) is 5.75 Å². The van der Waals surface area contributed by atoms with Crippen LogP contribution in [0.1, 0.15) is 17.0 Å². The first-order valence-corrected chi connectivity index (χ1v) is 11.4. The Hall–Kier alpha value is -4.47. The average molecular weight is 489 g/mol. The van der Waals surface area contributed by atoms with Crippen molar-refractivity contribution in [1.82, 2.24) is 20.8 Å². The van der Waals surface area contributed by atoms with Gasteiger partial charge in [-0.25, -0.2) is 0 Å². The number of fused-ring (bicyclic) bond motifs is 1. The Kier molecular flexibility index (Phi) is 7.14. The number of hydrogen-bond acceptors (Lipinski definition) is 7. The number of likely N-dealkylation sites (N-methyl/N-ethyl adjacent to an activating group) is 1. The van der Waals surface area contributed by atoms with Crippen molar-refractivity contribution in [3.8, 4) is 17.2 Å². The molecule has 4 rings (SSSR count). The number of aromatic nitrogens is 2. The largest absolute Gasteiger partial charge is 0.489 e. The summed E-state index contributed by atoms with van der Waals surface area (Å²) in [6, 6.07) is 12.4. The third-order valence-corrected chi connectivity index (χ3v) is 5.82. The lowest BCUT2D eigenvalue weighted by Crippen LogP contribution is -2.51. The van der Waals surface area contributed by atoms with Gasteiger partial charge in [0.05, 0.1) is 11.4 Å². The SMILES string of the molecule is C=C(N/C(Cc1ccccc1)=N\C)C(=O)N[C@H]1COc2cc(C)c(-c3nnc(C)o3)cc2N(C)C1=O. The van der Waals surface area contributed by atoms with Crippen LogP contribution in [-0.4, -0.2) is 54.6 Å². The van der Waals surface area contributed by atoms with Gasteiger partial charge in [0.25, 0.3) is 11.8 Å². The Balaban J connectivity index is 1.45. The molecule has 10 heteroatoms. The zero-order valence-electron chi connectivity index (χ0n) is 20.7. The molecular formula is C26H28N6O4. The third kappa shape index (κ3) is 5.27. The Morgan fingerprint density at radius 1 is 1.22 bits per heavy atom. The first kappa shape index (κ1) is 24.6. The molecule has 0 unspecified atom stereocenters. The normalized spacial score (nSPS) is 15.6. The molecule has 1 aliphatic heterocycles. The fourth-order valence-electron chi connectivity index (χ4n) is 3.83. The summed E-state index contributed by atoms with van der Waals surface area (Å²) in [4.78, 5) is 31.8. The number of carbonyl (C=O) groups is 2. The molecule has 0 spiro atoms. The molecule has 0 fully saturated rings. The van der Waals surface area contributed by atoms with Crippen molar-refractivity contribution in [3.63, 3.8) is 0 Å². The molecule has 10 nitrogen and oxygen atoms in total. The molecule has 2 aromatic carbocycles. The zero-order chi connectivity index (χ0) is 25.8. The Labute approximate surface area is 209 Å². The molecule has 0 saturated heterocycles. The van der Waals surface area contributed by atoms with E-state index < -0.39 is 11.9 Å². The highest BCUT2D eigenvalue weighted by Crippen LogP contribution is 2.37. The summed E-state index contributed by atoms with van der Waals surface area (Å²) in [5, 5.41) is 13.6. The van der Waals surface area contributed by atoms with Gasteiger partial charge in [-0.3, -0.25) is 14.6 Å². The fraction of sp³-hybridized carbons (Fsp3) is 0.269. The van der Waals surface area contributed by atoms with E-state index >= 15 is 0 Å². The number of nitrogens with one attached hydrogen (secondary N) is 2. The van der Waals surface area contributed by atoms with E-state index in [1.807, 2.05) is 43.3 Å². The number of amidine groups is 1. The maximum Gasteiger partial charge on any atom is 0.267 e. The number of nitrogens with zero attached hydrogens (tertiary/aromatic N) is 4. The van der Waals surface area contributed by atoms with Crippen molar-refractivity contribution in [1.29, 1.82) is 0 Å². The number of aliphatic imine (C=N–C) groups is 1. The Morgan fingerprint density at radius 3 is 2.64 bits per heavy atom. The Bertz CT molecular complexity index is 1330. The highest BCUT2D eigenvalue weighted by molar-refractivity contribution is 6.04. The minimum atomic E-state index is -0.918. The number of ether oxygens (including phenoxy) is 1. The lowest BCUT2D eigenvalue weighted by atomic mass is 10.1. The van der Waals surface area contributed by atoms with Gasteiger partial charge in [0.2, 0.25) is 11.8 Å². The van der Waals surface area contributed by atoms with Gasteiger partial charge >= 0.3 is 0 Å². The van der Waals surface area contributed by atoms with E-state index in [-0.39, 0.29) is 18.2 Å². The summed E-state index contributed by atoms with van der Waals surface area (Å²) in [5.41, 5.74) is 3.20. The van der Waals surface area contributed by atoms with Crippen LogP contribution in [0.3, 0.4) is 0 Å². The van der Waals surface area contributed by atoms with E-state index in [0.29, 0.717) is 41.0 Å². The topological polar surface area (TPSA) is 122 Å². The van der Waals surface area contributed by atoms with Crippen LogP contribution in [0.15, 0.2) is 64.2 Å². The van der Waals surface area contributed by atoms with E-state index in [2.05, 4.69) is 32.4 Å². The minimum Gasteiger partial charge on any atom is -0.489 e. The molecule has 0 aliphatic carbocycles. The molecule has 0 saturated carbocycles. The van der Waals surface area contributed by atoms with Crippen LogP contribution in [-0.2, 0) is 16.0 Å². The number of rotatable bonds is 6. The quantitative estimate of drug-likeness (QED) is 0.311. The summed E-state index contributed by atoms with van der Waals surface area (Å²) in [5.74, 6) is 1.03. The number of benzene rings is 2. The van der Waals surface area contributed by atoms with Crippen LogP contribution < -0.4 is 20.3 Å². The standard InChI is InChI=1S/C26H28N6O4/c1-15-11-22-21(13-19(15)25-31-30-17(3)36-25)32(5)26(34)20(14-35-22)29-24(33)16(2)28-23(27-4)12-18-9-7-6-8-10-18/h6-11,13,20H,2,12,14H2,1,3-5H3,(H,27,28)(H,29,33)/t20-/m0/s1. The molecule has 36 heavy (non-hydrogen) atoms. The second kappa shape index (κ2) is 10.4. The predicted octanol–water partition coefficient (Wildman–Crippen LogP) is 2.57. The van der Waals surface area contributed by atoms with Gasteiger partial charge in [0.15, 0.2) is 0 Å². The number of carbonyl (C=O) groups excluding carboxylic acids is 2. The maximum absolute atomic E-state index is 13.2. The van der Waals surface area contributed by atoms with Crippen LogP contribution in [0.2, 0.25) is 0 Å². The zero-order valence-corrected chi connectivity index (χ0v) is 20.7. The molecule has 1 aliphatic rings. The van der Waals surface area contributed by atoms with Crippen molar-refractivity contribution in [3.05, 3.63) is 71.8 Å². The van der Waals surface area contributed by atoms with Gasteiger partial charge in [0.1, 0.15) is 24.2 Å². The first-order chi connectivity index (χ1) is 17.3. The molecule has 1 atom stereocenters. The summed E-state index contributed by atoms with van der Waals surface area (Å²) in [6.07, 6.45) is 0.508. The van der Waals surface area contributed by atoms with Crippen molar-refractivity contribution in [2.24, 2.45) is 4.99 Å². The first-order valence-electron chi connectivity index (χ1n) is 11.4. The van der Waals surface area contributed by atoms with Crippen molar-refractivity contribution in [2.75, 3.05) is 25.6 Å². The van der Waals surface area contributed by atoms with Gasteiger partial charge < -0.3 is 24.7 Å². The summed E-state index contributed by atoms with van der Waals surface area (Å²) in [7, 11) is 3.26. The predicted molar refractivity (Wildman–Crippen MR) is 136 cm³/mol. The lowest BCUT2D eigenvalue weighted by molar-refractivity contribution is -0.126. The number of anilines is 1. The molecular weight excluding hydrogens is 460 g/mol. The van der Waals surface area contributed by atoms with E-state index in [0.717, 1.165) is 11.1 Å². The van der Waals surface area contributed by atoms with Gasteiger partial charge in [-0.1, -0.05) is 36.9 Å². The summed E-state index contributed by atoms with van der Waals surface area (Å²) < 4.78 is 11.5. The van der Waals surface area contributed by atoms with Gasteiger partial charge in [0, 0.05) is 33.0 Å². The number of aryl methyl sites for hydroxylation is 2. The van der Waals surface area contributed by atoms with Crippen LogP contribution in [0.25, 0.3) is 11.5 Å². The van der Waals surface area contributed by atoms with Crippen molar-refractivity contribution < 1.29 is 18.7 Å².